The van der Waals surface area contributed by atoms with Crippen molar-refractivity contribution in [3.05, 3.63) is 34.4 Å². The van der Waals surface area contributed by atoms with E-state index in [1.165, 1.54) is 6.07 Å². The quantitative estimate of drug-likeness (QED) is 0.504. The number of benzene rings is 1. The fourth-order valence-corrected chi connectivity index (χ4v) is 4.68. The standard InChI is InChI=1S/C12H15ClF2N2O2S/c13-8-1-2-9(14)12(15)11(8)10(17-16)5-7-3-4-20(18,19)6-7/h1-2,7,10,17H,3-6,16H2. The van der Waals surface area contributed by atoms with Gasteiger partial charge in [0.15, 0.2) is 21.5 Å². The second-order valence-electron chi connectivity index (χ2n) is 4.98. The summed E-state index contributed by atoms with van der Waals surface area (Å²) in [4.78, 5) is 0. The minimum atomic E-state index is -3.03. The maximum Gasteiger partial charge on any atom is 0.165 e. The molecule has 0 aliphatic carbocycles. The number of hydrogen-bond donors (Lipinski definition) is 2. The van der Waals surface area contributed by atoms with Gasteiger partial charge in [-0.1, -0.05) is 11.6 Å². The fraction of sp³-hybridized carbons (Fsp3) is 0.500. The predicted molar refractivity (Wildman–Crippen MR) is 72.8 cm³/mol. The van der Waals surface area contributed by atoms with E-state index in [1.807, 2.05) is 0 Å². The summed E-state index contributed by atoms with van der Waals surface area (Å²) in [7, 11) is -3.03. The first-order valence-electron chi connectivity index (χ1n) is 6.14. The minimum absolute atomic E-state index is 0.0414. The van der Waals surface area contributed by atoms with Crippen molar-refractivity contribution in [3.8, 4) is 0 Å². The third-order valence-electron chi connectivity index (χ3n) is 3.52. The van der Waals surface area contributed by atoms with Crippen molar-refractivity contribution in [1.29, 1.82) is 0 Å². The second-order valence-corrected chi connectivity index (χ2v) is 7.62. The van der Waals surface area contributed by atoms with Gasteiger partial charge in [0.1, 0.15) is 0 Å². The zero-order valence-electron chi connectivity index (χ0n) is 10.6. The normalized spacial score (nSPS) is 22.9. The van der Waals surface area contributed by atoms with Crippen LogP contribution in [-0.4, -0.2) is 19.9 Å². The van der Waals surface area contributed by atoms with Crippen LogP contribution in [-0.2, 0) is 9.84 Å². The molecule has 2 unspecified atom stereocenters. The number of nitrogens with two attached hydrogens (primary N) is 1. The molecule has 112 valence electrons. The summed E-state index contributed by atoms with van der Waals surface area (Å²) in [5.41, 5.74) is 2.34. The Balaban J connectivity index is 2.23. The third-order valence-corrected chi connectivity index (χ3v) is 5.69. The number of sulfone groups is 1. The number of halogens is 3. The van der Waals surface area contributed by atoms with E-state index in [1.54, 1.807) is 0 Å². The maximum atomic E-state index is 13.9. The first-order chi connectivity index (χ1) is 9.34. The molecule has 1 aliphatic rings. The Morgan fingerprint density at radius 3 is 2.70 bits per heavy atom. The highest BCUT2D eigenvalue weighted by Crippen LogP contribution is 2.34. The summed E-state index contributed by atoms with van der Waals surface area (Å²) in [6.45, 7) is 0. The first-order valence-corrected chi connectivity index (χ1v) is 8.34. The van der Waals surface area contributed by atoms with Gasteiger partial charge in [0.2, 0.25) is 0 Å². The van der Waals surface area contributed by atoms with E-state index in [0.717, 1.165) is 6.07 Å². The van der Waals surface area contributed by atoms with Crippen molar-refractivity contribution in [2.75, 3.05) is 11.5 Å². The third kappa shape index (κ3) is 3.28. The molecule has 1 fully saturated rings. The van der Waals surface area contributed by atoms with Crippen LogP contribution in [0.2, 0.25) is 5.02 Å². The van der Waals surface area contributed by atoms with Crippen molar-refractivity contribution < 1.29 is 17.2 Å². The van der Waals surface area contributed by atoms with Crippen LogP contribution >= 0.6 is 11.6 Å². The van der Waals surface area contributed by atoms with Gasteiger partial charge in [-0.25, -0.2) is 17.2 Å². The van der Waals surface area contributed by atoms with Gasteiger partial charge in [-0.3, -0.25) is 11.3 Å². The molecule has 4 nitrogen and oxygen atoms in total. The Morgan fingerprint density at radius 2 is 2.15 bits per heavy atom. The van der Waals surface area contributed by atoms with Crippen LogP contribution in [0.15, 0.2) is 12.1 Å². The average molecular weight is 325 g/mol. The van der Waals surface area contributed by atoms with Gasteiger partial charge in [-0.05, 0) is 30.9 Å². The molecule has 8 heteroatoms. The van der Waals surface area contributed by atoms with E-state index < -0.39 is 27.5 Å². The van der Waals surface area contributed by atoms with E-state index in [0.29, 0.717) is 6.42 Å². The number of rotatable bonds is 4. The number of nitrogens with one attached hydrogen (secondary N) is 1. The van der Waals surface area contributed by atoms with E-state index in [4.69, 9.17) is 17.4 Å². The van der Waals surface area contributed by atoms with Gasteiger partial charge in [-0.15, -0.1) is 0 Å². The Morgan fingerprint density at radius 1 is 1.45 bits per heavy atom. The molecule has 0 radical (unpaired) electrons. The topological polar surface area (TPSA) is 72.2 Å². The molecular weight excluding hydrogens is 310 g/mol. The Labute approximate surface area is 121 Å². The molecule has 0 aromatic heterocycles. The molecule has 0 amide bonds. The lowest BCUT2D eigenvalue weighted by Crippen LogP contribution is -2.31. The second kappa shape index (κ2) is 5.93. The van der Waals surface area contributed by atoms with Crippen LogP contribution in [0.4, 0.5) is 8.78 Å². The first kappa shape index (κ1) is 15.6. The molecule has 0 bridgehead atoms. The summed E-state index contributed by atoms with van der Waals surface area (Å²) in [6, 6.07) is 1.47. The summed E-state index contributed by atoms with van der Waals surface area (Å²) in [6.07, 6.45) is 0.783. The molecule has 1 saturated heterocycles. The molecule has 2 rings (SSSR count). The SMILES string of the molecule is NNC(CC1CCS(=O)(=O)C1)c1c(Cl)ccc(F)c1F. The summed E-state index contributed by atoms with van der Waals surface area (Å²) in [5, 5.41) is 0.0627. The Kier molecular flexibility index (Phi) is 4.63. The van der Waals surface area contributed by atoms with Crippen molar-refractivity contribution in [2.24, 2.45) is 11.8 Å². The highest BCUT2D eigenvalue weighted by atomic mass is 35.5. The van der Waals surface area contributed by atoms with Gasteiger partial charge >= 0.3 is 0 Å². The molecular formula is C12H15ClF2N2O2S. The van der Waals surface area contributed by atoms with Crippen LogP contribution in [0.5, 0.6) is 0 Å². The van der Waals surface area contributed by atoms with Gasteiger partial charge in [0, 0.05) is 10.6 Å². The van der Waals surface area contributed by atoms with Crippen molar-refractivity contribution >= 4 is 21.4 Å². The van der Waals surface area contributed by atoms with E-state index >= 15 is 0 Å². The molecule has 1 aromatic rings. The molecule has 0 spiro atoms. The number of hydrogen-bond acceptors (Lipinski definition) is 4. The minimum Gasteiger partial charge on any atom is -0.271 e. The van der Waals surface area contributed by atoms with Gasteiger partial charge in [-0.2, -0.15) is 0 Å². The van der Waals surface area contributed by atoms with Crippen LogP contribution in [0.25, 0.3) is 0 Å². The molecule has 0 saturated carbocycles. The monoisotopic (exact) mass is 324 g/mol. The van der Waals surface area contributed by atoms with Crippen LogP contribution in [0.1, 0.15) is 24.4 Å². The molecule has 1 aromatic carbocycles. The van der Waals surface area contributed by atoms with E-state index in [-0.39, 0.29) is 34.4 Å². The molecule has 1 aliphatic heterocycles. The smallest absolute Gasteiger partial charge is 0.165 e. The average Bonchev–Trinajstić information content (AvgIpc) is 2.72. The van der Waals surface area contributed by atoms with Crippen molar-refractivity contribution in [2.45, 2.75) is 18.9 Å². The van der Waals surface area contributed by atoms with E-state index in [2.05, 4.69) is 5.43 Å². The summed E-state index contributed by atoms with van der Waals surface area (Å²) >= 11 is 5.90. The Hall–Kier alpha value is -0.760. The van der Waals surface area contributed by atoms with Gasteiger partial charge in [0.05, 0.1) is 17.5 Å². The zero-order valence-corrected chi connectivity index (χ0v) is 12.1. The highest BCUT2D eigenvalue weighted by molar-refractivity contribution is 7.91. The fourth-order valence-electron chi connectivity index (χ4n) is 2.52. The Bertz CT molecular complexity index is 610. The van der Waals surface area contributed by atoms with Crippen LogP contribution in [0.3, 0.4) is 0 Å². The zero-order chi connectivity index (χ0) is 14.9. The highest BCUT2D eigenvalue weighted by Gasteiger charge is 2.31. The summed E-state index contributed by atoms with van der Waals surface area (Å²) < 4.78 is 50.0. The number of hydrazine groups is 1. The molecule has 20 heavy (non-hydrogen) atoms. The lowest BCUT2D eigenvalue weighted by atomic mass is 9.94. The lowest BCUT2D eigenvalue weighted by molar-refractivity contribution is 0.399. The largest absolute Gasteiger partial charge is 0.271 e. The van der Waals surface area contributed by atoms with Gasteiger partial charge < -0.3 is 0 Å². The van der Waals surface area contributed by atoms with E-state index in [9.17, 15) is 17.2 Å². The van der Waals surface area contributed by atoms with Crippen LogP contribution < -0.4 is 11.3 Å². The van der Waals surface area contributed by atoms with Crippen LogP contribution in [0, 0.1) is 17.6 Å². The van der Waals surface area contributed by atoms with Crippen molar-refractivity contribution in [1.82, 2.24) is 5.43 Å². The van der Waals surface area contributed by atoms with Crippen molar-refractivity contribution in [3.63, 3.8) is 0 Å². The maximum absolute atomic E-state index is 13.9. The van der Waals surface area contributed by atoms with Gasteiger partial charge in [0.25, 0.3) is 0 Å². The molecule has 2 atom stereocenters. The summed E-state index contributed by atoms with van der Waals surface area (Å²) in [5.74, 6) is 3.35. The molecule has 3 N–H and O–H groups in total. The molecule has 1 heterocycles. The lowest BCUT2D eigenvalue weighted by Gasteiger charge is -2.21. The predicted octanol–water partition coefficient (Wildman–Crippen LogP) is 1.95.